The van der Waals surface area contributed by atoms with Crippen LogP contribution < -0.4 is 4.90 Å². The topological polar surface area (TPSA) is 67.9 Å². The smallest absolute Gasteiger partial charge is 0.195 e. The Bertz CT molecular complexity index is 2870. The van der Waals surface area contributed by atoms with Crippen molar-refractivity contribution < 1.29 is 4.79 Å². The van der Waals surface area contributed by atoms with Crippen LogP contribution in [0.1, 0.15) is 49.3 Å². The third-order valence-electron chi connectivity index (χ3n) is 11.1. The molecular weight excluding hydrogens is 764 g/mol. The van der Waals surface area contributed by atoms with Gasteiger partial charge in [0.1, 0.15) is 17.7 Å². The van der Waals surface area contributed by atoms with Crippen molar-refractivity contribution in [2.24, 2.45) is 0 Å². The number of hydrogen-bond acceptors (Lipinski definition) is 4. The summed E-state index contributed by atoms with van der Waals surface area (Å²) < 4.78 is 0. The first kappa shape index (κ1) is 35.1. The van der Waals surface area contributed by atoms with Crippen LogP contribution >= 0.6 is 46.4 Å². The van der Waals surface area contributed by atoms with Gasteiger partial charge < -0.3 is 4.90 Å². The Kier molecular flexibility index (Phi) is 8.14. The average Bonchev–Trinajstić information content (AvgIpc) is 3.76. The van der Waals surface area contributed by atoms with Crippen molar-refractivity contribution in [2.45, 2.75) is 26.2 Å². The lowest BCUT2D eigenvalue weighted by molar-refractivity contribution is 0.104. The Labute approximate surface area is 338 Å². The number of rotatable bonds is 2. The second-order valence-corrected chi connectivity index (χ2v) is 15.6. The van der Waals surface area contributed by atoms with E-state index in [1.165, 1.54) is 0 Å². The van der Waals surface area contributed by atoms with Gasteiger partial charge in [-0.2, -0.15) is 10.5 Å². The van der Waals surface area contributed by atoms with E-state index in [0.717, 1.165) is 72.4 Å². The molecule has 264 valence electrons. The lowest BCUT2D eigenvalue weighted by atomic mass is 9.70. The molecule has 0 saturated carbocycles. The molecular formula is C47H27Cl4N3O. The van der Waals surface area contributed by atoms with E-state index < -0.39 is 11.2 Å². The number of allylic oxidation sites excluding steroid dienone is 6. The van der Waals surface area contributed by atoms with Crippen LogP contribution in [0.4, 0.5) is 11.4 Å². The SMILES string of the molecule is Cc1cc(C)c(N2/C(=C/C=C3/C(=O)c4c(Cl)c(Cl)c(Cl)c(Cl)c4C3=C(C#N)C#N)C3(c4ccccc4-c4ccccc43)c3c2ccc2ccccc32)c(C)c1. The van der Waals surface area contributed by atoms with Gasteiger partial charge in [0.2, 0.25) is 0 Å². The Morgan fingerprint density at radius 3 is 1.87 bits per heavy atom. The van der Waals surface area contributed by atoms with Crippen molar-refractivity contribution in [3.8, 4) is 23.3 Å². The predicted molar refractivity (Wildman–Crippen MR) is 224 cm³/mol. The Morgan fingerprint density at radius 1 is 0.691 bits per heavy atom. The number of anilines is 2. The normalized spacial score (nSPS) is 16.1. The third kappa shape index (κ3) is 4.67. The van der Waals surface area contributed by atoms with E-state index in [4.69, 9.17) is 46.4 Å². The molecule has 0 bridgehead atoms. The molecule has 2 aliphatic carbocycles. The highest BCUT2D eigenvalue weighted by atomic mass is 35.5. The van der Waals surface area contributed by atoms with Crippen LogP contribution in [0, 0.1) is 43.4 Å². The Hall–Kier alpha value is -5.59. The lowest BCUT2D eigenvalue weighted by Gasteiger charge is -2.34. The van der Waals surface area contributed by atoms with Crippen molar-refractivity contribution in [1.29, 1.82) is 10.5 Å². The fourth-order valence-corrected chi connectivity index (χ4v) is 10.2. The van der Waals surface area contributed by atoms with E-state index in [-0.39, 0.29) is 47.9 Å². The Morgan fingerprint density at radius 2 is 1.25 bits per heavy atom. The van der Waals surface area contributed by atoms with Gasteiger partial charge in [0, 0.05) is 28.0 Å². The second-order valence-electron chi connectivity index (χ2n) is 14.0. The standard InChI is InChI=1S/C47H27Cl4N3O/c1-24-20-25(2)45(26(3)21-24)54-35-18-16-27-10-4-5-11-29(27)40(35)47(33-14-8-6-12-30(33)31-13-7-9-15-34(31)47)36(54)19-17-32-37(28(22-52)23-53)38-39(46(32)55)42(49)44(51)43(50)41(38)48/h4-21H,1-3H3/b32-17+,36-19+. The Balaban J connectivity index is 1.47. The second kappa shape index (κ2) is 12.7. The fraction of sp³-hybridized carbons (Fsp3) is 0.0851. The molecule has 1 spiro atoms. The molecule has 6 aromatic rings. The highest BCUT2D eigenvalue weighted by molar-refractivity contribution is 6.55. The van der Waals surface area contributed by atoms with Crippen molar-refractivity contribution in [1.82, 2.24) is 0 Å². The maximum atomic E-state index is 14.6. The number of benzene rings is 6. The molecule has 0 N–H and O–H groups in total. The van der Waals surface area contributed by atoms with E-state index in [1.807, 2.05) is 24.3 Å². The van der Waals surface area contributed by atoms with Crippen molar-refractivity contribution in [3.63, 3.8) is 0 Å². The predicted octanol–water partition coefficient (Wildman–Crippen LogP) is 13.4. The van der Waals surface area contributed by atoms with Gasteiger partial charge in [0.15, 0.2) is 5.78 Å². The molecule has 0 unspecified atom stereocenters. The maximum absolute atomic E-state index is 14.6. The molecule has 8 heteroatoms. The summed E-state index contributed by atoms with van der Waals surface area (Å²) in [6, 6.07) is 38.0. The van der Waals surface area contributed by atoms with E-state index >= 15 is 0 Å². The quantitative estimate of drug-likeness (QED) is 0.0758. The molecule has 0 fully saturated rings. The first-order valence-electron chi connectivity index (χ1n) is 17.5. The monoisotopic (exact) mass is 789 g/mol. The van der Waals surface area contributed by atoms with E-state index in [9.17, 15) is 15.3 Å². The molecule has 9 rings (SSSR count). The minimum Gasteiger partial charge on any atom is -0.312 e. The molecule has 55 heavy (non-hydrogen) atoms. The summed E-state index contributed by atoms with van der Waals surface area (Å²) in [6.07, 6.45) is 3.66. The number of nitrogens with zero attached hydrogens (tertiary/aromatic N) is 3. The van der Waals surface area contributed by atoms with E-state index in [1.54, 1.807) is 6.08 Å². The first-order chi connectivity index (χ1) is 26.6. The van der Waals surface area contributed by atoms with Crippen molar-refractivity contribution in [2.75, 3.05) is 4.90 Å². The average molecular weight is 792 g/mol. The minimum atomic E-state index is -0.863. The van der Waals surface area contributed by atoms with Crippen LogP contribution in [-0.4, -0.2) is 5.78 Å². The summed E-state index contributed by atoms with van der Waals surface area (Å²) in [6.45, 7) is 6.33. The number of carbonyl (C=O) groups is 1. The third-order valence-corrected chi connectivity index (χ3v) is 12.9. The van der Waals surface area contributed by atoms with Crippen molar-refractivity contribution in [3.05, 3.63) is 191 Å². The summed E-state index contributed by atoms with van der Waals surface area (Å²) >= 11 is 26.5. The van der Waals surface area contributed by atoms with Gasteiger partial charge in [-0.05, 0) is 83.1 Å². The number of aryl methyl sites for hydroxylation is 3. The number of fused-ring (bicyclic) bond motifs is 10. The molecule has 0 amide bonds. The molecule has 6 aromatic carbocycles. The van der Waals surface area contributed by atoms with Crippen LogP contribution in [0.25, 0.3) is 27.5 Å². The number of halogens is 4. The van der Waals surface area contributed by atoms with E-state index in [0.29, 0.717) is 0 Å². The van der Waals surface area contributed by atoms with Gasteiger partial charge in [-0.1, -0.05) is 143 Å². The van der Waals surface area contributed by atoms with Gasteiger partial charge in [-0.15, -0.1) is 0 Å². The van der Waals surface area contributed by atoms with Gasteiger partial charge in [-0.3, -0.25) is 4.79 Å². The summed E-state index contributed by atoms with van der Waals surface area (Å²) in [4.78, 5) is 16.9. The van der Waals surface area contributed by atoms with Crippen molar-refractivity contribution >= 4 is 79.9 Å². The molecule has 3 aliphatic rings. The van der Waals surface area contributed by atoms with Crippen LogP contribution in [-0.2, 0) is 5.41 Å². The zero-order valence-electron chi connectivity index (χ0n) is 29.7. The molecule has 0 aromatic heterocycles. The molecule has 4 nitrogen and oxygen atoms in total. The fourth-order valence-electron chi connectivity index (χ4n) is 9.19. The van der Waals surface area contributed by atoms with Crippen LogP contribution in [0.3, 0.4) is 0 Å². The number of Topliss-reactive ketones (excluding diaryl/α,β-unsaturated/α-hetero) is 1. The van der Waals surface area contributed by atoms with Gasteiger partial charge in [-0.25, -0.2) is 0 Å². The minimum absolute atomic E-state index is 0.00207. The largest absolute Gasteiger partial charge is 0.312 e. The maximum Gasteiger partial charge on any atom is 0.195 e. The number of carbonyl (C=O) groups excluding carboxylic acids is 1. The number of nitriles is 2. The number of ketones is 1. The van der Waals surface area contributed by atoms with Gasteiger partial charge >= 0.3 is 0 Å². The zero-order valence-corrected chi connectivity index (χ0v) is 32.7. The lowest BCUT2D eigenvalue weighted by Crippen LogP contribution is -2.30. The highest BCUT2D eigenvalue weighted by Gasteiger charge is 2.56. The molecule has 0 atom stereocenters. The summed E-state index contributed by atoms with van der Waals surface area (Å²) in [5.41, 5.74) is 10.8. The molecule has 0 saturated heterocycles. The highest BCUT2D eigenvalue weighted by Crippen LogP contribution is 2.66. The van der Waals surface area contributed by atoms with Crippen LogP contribution in [0.2, 0.25) is 20.1 Å². The molecule has 1 heterocycles. The summed E-state index contributed by atoms with van der Waals surface area (Å²) in [5, 5.41) is 22.3. The molecule has 0 radical (unpaired) electrons. The summed E-state index contributed by atoms with van der Waals surface area (Å²) in [7, 11) is 0. The van der Waals surface area contributed by atoms with E-state index in [2.05, 4.69) is 117 Å². The van der Waals surface area contributed by atoms with Gasteiger partial charge in [0.05, 0.1) is 42.4 Å². The van der Waals surface area contributed by atoms with Crippen LogP contribution in [0.15, 0.2) is 126 Å². The van der Waals surface area contributed by atoms with Gasteiger partial charge in [0.25, 0.3) is 0 Å². The summed E-state index contributed by atoms with van der Waals surface area (Å²) in [5.74, 6) is -0.521. The zero-order chi connectivity index (χ0) is 38.5. The van der Waals surface area contributed by atoms with Crippen LogP contribution in [0.5, 0.6) is 0 Å². The first-order valence-corrected chi connectivity index (χ1v) is 19.0. The molecule has 1 aliphatic heterocycles. The number of hydrogen-bond donors (Lipinski definition) is 0.